The Morgan fingerprint density at radius 1 is 1.09 bits per heavy atom. The van der Waals surface area contributed by atoms with Gasteiger partial charge in [0.2, 0.25) is 0 Å². The van der Waals surface area contributed by atoms with Gasteiger partial charge in [-0.15, -0.1) is 24.0 Å². The van der Waals surface area contributed by atoms with Gasteiger partial charge in [-0.3, -0.25) is 14.4 Å². The Hall–Kier alpha value is -1.93. The van der Waals surface area contributed by atoms with E-state index in [9.17, 15) is 19.5 Å². The third-order valence-corrected chi connectivity index (χ3v) is 7.49. The van der Waals surface area contributed by atoms with Gasteiger partial charge in [-0.1, -0.05) is 39.5 Å². The van der Waals surface area contributed by atoms with Crippen LogP contribution in [0, 0.1) is 5.41 Å². The van der Waals surface area contributed by atoms with Crippen molar-refractivity contribution in [2.45, 2.75) is 72.1 Å². The molecule has 176 valence electrons. The second-order valence-electron chi connectivity index (χ2n) is 8.15. The van der Waals surface area contributed by atoms with Crippen LogP contribution in [-0.2, 0) is 9.59 Å². The molecule has 1 aromatic heterocycles. The van der Waals surface area contributed by atoms with Gasteiger partial charge in [0.15, 0.2) is 5.12 Å². The van der Waals surface area contributed by atoms with E-state index >= 15 is 0 Å². The van der Waals surface area contributed by atoms with Crippen molar-refractivity contribution in [3.63, 3.8) is 0 Å². The SMILES string of the molecule is CCCCC(CCCC)(C(=O)O)C(C(=O)S)c1nc2cc(C(=O)N(CC)CC)ccc2s1. The Bertz CT molecular complexity index is 945. The van der Waals surface area contributed by atoms with E-state index in [4.69, 9.17) is 0 Å². The highest BCUT2D eigenvalue weighted by Gasteiger charge is 2.49. The molecule has 0 aliphatic heterocycles. The molecule has 0 spiro atoms. The summed E-state index contributed by atoms with van der Waals surface area (Å²) < 4.78 is 0.820. The van der Waals surface area contributed by atoms with Gasteiger partial charge >= 0.3 is 5.97 Å². The number of carboxylic acids is 1. The standard InChI is InChI=1S/C24H34N2O4S2/c1-5-9-13-24(23(29)30,14-10-6-2)19(22(28)31)20-25-17-15-16(11-12-18(17)32-20)21(27)26(7-3)8-4/h11-12,15,19H,5-10,13-14H2,1-4H3,(H,28,31)(H,29,30). The van der Waals surface area contributed by atoms with Crippen molar-refractivity contribution in [2.24, 2.45) is 5.41 Å². The third kappa shape index (κ3) is 5.52. The van der Waals surface area contributed by atoms with Crippen LogP contribution in [-0.4, -0.2) is 45.1 Å². The topological polar surface area (TPSA) is 87.6 Å². The number of thiazole rings is 1. The lowest BCUT2D eigenvalue weighted by Gasteiger charge is -2.34. The van der Waals surface area contributed by atoms with Gasteiger partial charge in [-0.2, -0.15) is 0 Å². The maximum Gasteiger partial charge on any atom is 0.310 e. The molecule has 1 aromatic carbocycles. The van der Waals surface area contributed by atoms with E-state index in [2.05, 4.69) is 17.6 Å². The van der Waals surface area contributed by atoms with E-state index in [1.54, 1.807) is 17.0 Å². The first-order valence-electron chi connectivity index (χ1n) is 11.4. The summed E-state index contributed by atoms with van der Waals surface area (Å²) in [6.45, 7) is 9.11. The zero-order valence-corrected chi connectivity index (χ0v) is 21.1. The van der Waals surface area contributed by atoms with E-state index in [1.807, 2.05) is 33.8 Å². The molecular weight excluding hydrogens is 444 g/mol. The number of rotatable bonds is 13. The molecule has 1 unspecified atom stereocenters. The summed E-state index contributed by atoms with van der Waals surface area (Å²) in [4.78, 5) is 44.5. The number of aromatic nitrogens is 1. The minimum Gasteiger partial charge on any atom is -0.481 e. The minimum absolute atomic E-state index is 0.0703. The number of carbonyl (C=O) groups excluding carboxylic acids is 2. The fraction of sp³-hybridized carbons (Fsp3) is 0.583. The molecule has 0 saturated carbocycles. The van der Waals surface area contributed by atoms with Crippen LogP contribution in [0.25, 0.3) is 10.2 Å². The van der Waals surface area contributed by atoms with Gasteiger partial charge in [-0.05, 0) is 44.9 Å². The number of amides is 1. The monoisotopic (exact) mass is 478 g/mol. The Labute approximate surface area is 199 Å². The highest BCUT2D eigenvalue weighted by molar-refractivity contribution is 7.96. The molecule has 0 aliphatic carbocycles. The zero-order valence-electron chi connectivity index (χ0n) is 19.4. The predicted molar refractivity (Wildman–Crippen MR) is 133 cm³/mol. The van der Waals surface area contributed by atoms with Gasteiger partial charge in [-0.25, -0.2) is 4.98 Å². The first kappa shape index (κ1) is 26.3. The van der Waals surface area contributed by atoms with Crippen LogP contribution in [0.15, 0.2) is 18.2 Å². The van der Waals surface area contributed by atoms with Crippen LogP contribution >= 0.6 is 24.0 Å². The van der Waals surface area contributed by atoms with Crippen LogP contribution in [0.2, 0.25) is 0 Å². The van der Waals surface area contributed by atoms with E-state index in [0.717, 1.165) is 17.5 Å². The molecule has 0 fully saturated rings. The first-order valence-corrected chi connectivity index (χ1v) is 12.7. The quantitative estimate of drug-likeness (QED) is 0.357. The molecule has 1 heterocycles. The van der Waals surface area contributed by atoms with Gasteiger partial charge in [0, 0.05) is 18.7 Å². The van der Waals surface area contributed by atoms with Crippen LogP contribution < -0.4 is 0 Å². The second kappa shape index (κ2) is 11.8. The van der Waals surface area contributed by atoms with Crippen molar-refractivity contribution < 1.29 is 19.5 Å². The fourth-order valence-corrected chi connectivity index (χ4v) is 5.83. The van der Waals surface area contributed by atoms with Crippen molar-refractivity contribution in [1.29, 1.82) is 0 Å². The summed E-state index contributed by atoms with van der Waals surface area (Å²) in [7, 11) is 0. The average Bonchev–Trinajstić information content (AvgIpc) is 3.18. The highest BCUT2D eigenvalue weighted by Crippen LogP contribution is 2.48. The lowest BCUT2D eigenvalue weighted by Crippen LogP contribution is -2.40. The van der Waals surface area contributed by atoms with Crippen molar-refractivity contribution in [1.82, 2.24) is 9.88 Å². The van der Waals surface area contributed by atoms with E-state index in [1.165, 1.54) is 11.3 Å². The summed E-state index contributed by atoms with van der Waals surface area (Å²) >= 11 is 5.44. The largest absolute Gasteiger partial charge is 0.481 e. The molecular formula is C24H34N2O4S2. The maximum absolute atomic E-state index is 12.7. The Morgan fingerprint density at radius 2 is 1.69 bits per heavy atom. The van der Waals surface area contributed by atoms with Crippen LogP contribution in [0.1, 0.15) is 87.5 Å². The number of hydrogen-bond acceptors (Lipinski definition) is 5. The Kier molecular flexibility index (Phi) is 9.70. The van der Waals surface area contributed by atoms with Gasteiger partial charge < -0.3 is 10.0 Å². The van der Waals surface area contributed by atoms with E-state index in [-0.39, 0.29) is 5.91 Å². The van der Waals surface area contributed by atoms with E-state index in [0.29, 0.717) is 54.9 Å². The fourth-order valence-electron chi connectivity index (χ4n) is 4.21. The summed E-state index contributed by atoms with van der Waals surface area (Å²) in [6, 6.07) is 5.32. The zero-order chi connectivity index (χ0) is 23.9. The number of hydrogen-bond donors (Lipinski definition) is 2. The van der Waals surface area contributed by atoms with Gasteiger partial charge in [0.05, 0.1) is 21.5 Å². The smallest absolute Gasteiger partial charge is 0.310 e. The van der Waals surface area contributed by atoms with Gasteiger partial charge in [0.1, 0.15) is 5.01 Å². The molecule has 1 amide bonds. The van der Waals surface area contributed by atoms with Crippen molar-refractivity contribution in [3.05, 3.63) is 28.8 Å². The first-order chi connectivity index (χ1) is 15.2. The Balaban J connectivity index is 2.58. The lowest BCUT2D eigenvalue weighted by atomic mass is 9.69. The normalized spacial score (nSPS) is 12.7. The molecule has 32 heavy (non-hydrogen) atoms. The van der Waals surface area contributed by atoms with Crippen LogP contribution in [0.4, 0.5) is 0 Å². The molecule has 0 bridgehead atoms. The number of carbonyl (C=O) groups is 3. The number of benzene rings is 1. The number of fused-ring (bicyclic) bond motifs is 1. The molecule has 0 saturated heterocycles. The summed E-state index contributed by atoms with van der Waals surface area (Å²) in [5.74, 6) is -1.97. The van der Waals surface area contributed by atoms with Gasteiger partial charge in [0.25, 0.3) is 5.91 Å². The molecule has 8 heteroatoms. The average molecular weight is 479 g/mol. The number of thiol groups is 1. The summed E-state index contributed by atoms with van der Waals surface area (Å²) in [6.07, 6.45) is 3.90. The molecule has 2 rings (SSSR count). The van der Waals surface area contributed by atoms with Crippen molar-refractivity contribution in [3.8, 4) is 0 Å². The molecule has 1 N–H and O–H groups in total. The predicted octanol–water partition coefficient (Wildman–Crippen LogP) is 5.77. The maximum atomic E-state index is 12.7. The summed E-state index contributed by atoms with van der Waals surface area (Å²) in [5, 5.41) is 10.3. The van der Waals surface area contributed by atoms with Crippen LogP contribution in [0.5, 0.6) is 0 Å². The number of unbranched alkanes of at least 4 members (excludes halogenated alkanes) is 2. The molecule has 0 radical (unpaired) electrons. The molecule has 6 nitrogen and oxygen atoms in total. The molecule has 2 aromatic rings. The lowest BCUT2D eigenvalue weighted by molar-refractivity contribution is -0.153. The number of carboxylic acid groups (broad SMARTS) is 1. The highest BCUT2D eigenvalue weighted by atomic mass is 32.1. The second-order valence-corrected chi connectivity index (χ2v) is 9.65. The summed E-state index contributed by atoms with van der Waals surface area (Å²) in [5.41, 5.74) is -0.0976. The van der Waals surface area contributed by atoms with Crippen molar-refractivity contribution in [2.75, 3.05) is 13.1 Å². The van der Waals surface area contributed by atoms with E-state index < -0.39 is 22.4 Å². The Morgan fingerprint density at radius 3 is 2.16 bits per heavy atom. The number of nitrogens with zero attached hydrogens (tertiary/aromatic N) is 2. The third-order valence-electron chi connectivity index (χ3n) is 6.13. The number of aliphatic carboxylic acids is 1. The molecule has 0 aliphatic rings. The van der Waals surface area contributed by atoms with Crippen molar-refractivity contribution >= 4 is 51.2 Å². The molecule has 1 atom stereocenters. The minimum atomic E-state index is -1.24. The van der Waals surface area contributed by atoms with Crippen LogP contribution in [0.3, 0.4) is 0 Å².